The first-order valence-corrected chi connectivity index (χ1v) is 5.78. The molecule has 1 rings (SSSR count). The molecule has 0 saturated carbocycles. The number of hydrogen-bond donors (Lipinski definition) is 1. The molecule has 3 nitrogen and oxygen atoms in total. The van der Waals surface area contributed by atoms with E-state index in [9.17, 15) is 5.11 Å². The van der Waals surface area contributed by atoms with Crippen LogP contribution in [0, 0.1) is 0 Å². The average molecular weight is 208 g/mol. The number of aliphatic hydroxyl groups is 1. The predicted octanol–water partition coefficient (Wildman–Crippen LogP) is 2.87. The van der Waals surface area contributed by atoms with Crippen LogP contribution >= 0.6 is 0 Å². The van der Waals surface area contributed by atoms with Crippen LogP contribution in [0.1, 0.15) is 57.2 Å². The van der Waals surface area contributed by atoms with Crippen molar-refractivity contribution in [1.82, 2.24) is 9.97 Å². The van der Waals surface area contributed by atoms with Gasteiger partial charge in [-0.25, -0.2) is 0 Å². The highest BCUT2D eigenvalue weighted by Crippen LogP contribution is 2.17. The van der Waals surface area contributed by atoms with Gasteiger partial charge in [-0.1, -0.05) is 39.0 Å². The van der Waals surface area contributed by atoms with E-state index in [2.05, 4.69) is 16.9 Å². The summed E-state index contributed by atoms with van der Waals surface area (Å²) >= 11 is 0. The molecule has 15 heavy (non-hydrogen) atoms. The van der Waals surface area contributed by atoms with Crippen molar-refractivity contribution in [3.63, 3.8) is 0 Å². The van der Waals surface area contributed by atoms with Crippen LogP contribution in [0.2, 0.25) is 0 Å². The zero-order valence-electron chi connectivity index (χ0n) is 9.39. The highest BCUT2D eigenvalue weighted by atomic mass is 16.3. The second-order valence-electron chi connectivity index (χ2n) is 3.85. The Hall–Kier alpha value is -0.960. The van der Waals surface area contributed by atoms with Crippen LogP contribution < -0.4 is 0 Å². The van der Waals surface area contributed by atoms with Gasteiger partial charge in [-0.2, -0.15) is 0 Å². The molecular formula is C12H20N2O. The molecule has 1 aromatic rings. The third kappa shape index (κ3) is 4.88. The van der Waals surface area contributed by atoms with E-state index < -0.39 is 6.10 Å². The van der Waals surface area contributed by atoms with E-state index >= 15 is 0 Å². The lowest BCUT2D eigenvalue weighted by molar-refractivity contribution is 0.158. The summed E-state index contributed by atoms with van der Waals surface area (Å²) in [6.45, 7) is 2.20. The van der Waals surface area contributed by atoms with Gasteiger partial charge in [-0.3, -0.25) is 9.97 Å². The van der Waals surface area contributed by atoms with Crippen molar-refractivity contribution in [3.05, 3.63) is 24.3 Å². The normalized spacial score (nSPS) is 12.7. The van der Waals surface area contributed by atoms with Crippen LogP contribution in [-0.4, -0.2) is 15.1 Å². The van der Waals surface area contributed by atoms with Gasteiger partial charge < -0.3 is 5.11 Å². The zero-order chi connectivity index (χ0) is 10.9. The third-order valence-corrected chi connectivity index (χ3v) is 2.51. The molecular weight excluding hydrogens is 188 g/mol. The first kappa shape index (κ1) is 12.1. The monoisotopic (exact) mass is 208 g/mol. The van der Waals surface area contributed by atoms with Gasteiger partial charge in [0.1, 0.15) is 0 Å². The van der Waals surface area contributed by atoms with Crippen LogP contribution in [0.4, 0.5) is 0 Å². The number of rotatable bonds is 7. The topological polar surface area (TPSA) is 46.0 Å². The molecule has 0 aliphatic rings. The van der Waals surface area contributed by atoms with E-state index in [-0.39, 0.29) is 0 Å². The molecule has 84 valence electrons. The van der Waals surface area contributed by atoms with Crippen LogP contribution in [-0.2, 0) is 0 Å². The number of hydrogen-bond acceptors (Lipinski definition) is 3. The van der Waals surface area contributed by atoms with E-state index in [0.29, 0.717) is 5.69 Å². The van der Waals surface area contributed by atoms with Crippen LogP contribution in [0.15, 0.2) is 18.6 Å². The van der Waals surface area contributed by atoms with Crippen LogP contribution in [0.25, 0.3) is 0 Å². The van der Waals surface area contributed by atoms with Crippen molar-refractivity contribution in [2.24, 2.45) is 0 Å². The van der Waals surface area contributed by atoms with Gasteiger partial charge in [-0.05, 0) is 6.42 Å². The fourth-order valence-electron chi connectivity index (χ4n) is 1.57. The number of aromatic nitrogens is 2. The molecule has 0 aliphatic carbocycles. The van der Waals surface area contributed by atoms with Crippen molar-refractivity contribution >= 4 is 0 Å². The maximum absolute atomic E-state index is 9.77. The van der Waals surface area contributed by atoms with Gasteiger partial charge in [0.15, 0.2) is 0 Å². The van der Waals surface area contributed by atoms with E-state index in [1.807, 2.05) is 0 Å². The minimum atomic E-state index is -0.444. The summed E-state index contributed by atoms with van der Waals surface area (Å²) in [5.41, 5.74) is 0.688. The van der Waals surface area contributed by atoms with Gasteiger partial charge in [0, 0.05) is 12.4 Å². The number of aliphatic hydroxyl groups excluding tert-OH is 1. The van der Waals surface area contributed by atoms with Crippen molar-refractivity contribution in [3.8, 4) is 0 Å². The Kier molecular flexibility index (Phi) is 5.93. The average Bonchev–Trinajstić information content (AvgIpc) is 2.30. The smallest absolute Gasteiger partial charge is 0.0975 e. The largest absolute Gasteiger partial charge is 0.387 e. The van der Waals surface area contributed by atoms with Crippen molar-refractivity contribution in [1.29, 1.82) is 0 Å². The molecule has 1 aromatic heterocycles. The maximum atomic E-state index is 9.77. The van der Waals surface area contributed by atoms with E-state index in [1.54, 1.807) is 18.6 Å². The first-order valence-electron chi connectivity index (χ1n) is 5.78. The number of unbranched alkanes of at least 4 members (excludes halogenated alkanes) is 4. The standard InChI is InChI=1S/C12H20N2O/c1-2-3-4-5-6-7-12(15)11-10-13-8-9-14-11/h8-10,12,15H,2-7H2,1H3. The van der Waals surface area contributed by atoms with Crippen molar-refractivity contribution in [2.75, 3.05) is 0 Å². The lowest BCUT2D eigenvalue weighted by atomic mass is 10.1. The Morgan fingerprint density at radius 2 is 2.00 bits per heavy atom. The first-order chi connectivity index (χ1) is 7.34. The third-order valence-electron chi connectivity index (χ3n) is 2.51. The van der Waals surface area contributed by atoms with Crippen molar-refractivity contribution in [2.45, 2.75) is 51.6 Å². The molecule has 3 heteroatoms. The van der Waals surface area contributed by atoms with E-state index in [4.69, 9.17) is 0 Å². The molecule has 0 aliphatic heterocycles. The Labute approximate surface area is 91.6 Å². The highest BCUT2D eigenvalue weighted by Gasteiger charge is 2.07. The minimum Gasteiger partial charge on any atom is -0.387 e. The molecule has 0 aromatic carbocycles. The van der Waals surface area contributed by atoms with Gasteiger partial charge in [0.2, 0.25) is 0 Å². The summed E-state index contributed by atoms with van der Waals surface area (Å²) in [5.74, 6) is 0. The summed E-state index contributed by atoms with van der Waals surface area (Å²) in [7, 11) is 0. The quantitative estimate of drug-likeness (QED) is 0.701. The molecule has 1 heterocycles. The molecule has 0 fully saturated rings. The molecule has 0 saturated heterocycles. The van der Waals surface area contributed by atoms with Crippen molar-refractivity contribution < 1.29 is 5.11 Å². The maximum Gasteiger partial charge on any atom is 0.0975 e. The summed E-state index contributed by atoms with van der Waals surface area (Å²) < 4.78 is 0. The molecule has 0 amide bonds. The number of nitrogens with zero attached hydrogens (tertiary/aromatic N) is 2. The summed E-state index contributed by atoms with van der Waals surface area (Å²) in [4.78, 5) is 8.02. The Morgan fingerprint density at radius 3 is 2.67 bits per heavy atom. The summed E-state index contributed by atoms with van der Waals surface area (Å²) in [6, 6.07) is 0. The van der Waals surface area contributed by atoms with Gasteiger partial charge in [0.25, 0.3) is 0 Å². The molecule has 1 N–H and O–H groups in total. The molecule has 0 radical (unpaired) electrons. The molecule has 1 unspecified atom stereocenters. The second kappa shape index (κ2) is 7.35. The zero-order valence-corrected chi connectivity index (χ0v) is 9.39. The fraction of sp³-hybridized carbons (Fsp3) is 0.667. The SMILES string of the molecule is CCCCCCCC(O)c1cnccn1. The van der Waals surface area contributed by atoms with Crippen LogP contribution in [0.3, 0.4) is 0 Å². The summed E-state index contributed by atoms with van der Waals surface area (Å²) in [6.07, 6.45) is 11.3. The lowest BCUT2D eigenvalue weighted by Gasteiger charge is -2.08. The van der Waals surface area contributed by atoms with E-state index in [0.717, 1.165) is 12.8 Å². The molecule has 0 bridgehead atoms. The van der Waals surface area contributed by atoms with Gasteiger partial charge in [-0.15, -0.1) is 0 Å². The molecule has 0 spiro atoms. The highest BCUT2D eigenvalue weighted by molar-refractivity contribution is 4.98. The van der Waals surface area contributed by atoms with Crippen LogP contribution in [0.5, 0.6) is 0 Å². The Morgan fingerprint density at radius 1 is 1.20 bits per heavy atom. The Balaban J connectivity index is 2.16. The lowest BCUT2D eigenvalue weighted by Crippen LogP contribution is -2.00. The minimum absolute atomic E-state index is 0.444. The Bertz CT molecular complexity index is 251. The second-order valence-corrected chi connectivity index (χ2v) is 3.85. The summed E-state index contributed by atoms with van der Waals surface area (Å²) in [5, 5.41) is 9.77. The van der Waals surface area contributed by atoms with Gasteiger partial charge in [0.05, 0.1) is 18.0 Å². The van der Waals surface area contributed by atoms with E-state index in [1.165, 1.54) is 25.7 Å². The predicted molar refractivity (Wildman–Crippen MR) is 60.4 cm³/mol. The fourth-order valence-corrected chi connectivity index (χ4v) is 1.57. The molecule has 1 atom stereocenters. The van der Waals surface area contributed by atoms with Gasteiger partial charge >= 0.3 is 0 Å².